The van der Waals surface area contributed by atoms with Gasteiger partial charge in [0.2, 0.25) is 5.91 Å². The number of fused-ring (bicyclic) bond motifs is 1. The van der Waals surface area contributed by atoms with Crippen LogP contribution in [0, 0.1) is 5.82 Å². The summed E-state index contributed by atoms with van der Waals surface area (Å²) in [6, 6.07) is 11.3. The summed E-state index contributed by atoms with van der Waals surface area (Å²) in [5, 5.41) is 5.88. The molecule has 5 nitrogen and oxygen atoms in total. The molecule has 6 heteroatoms. The van der Waals surface area contributed by atoms with Crippen LogP contribution in [0.3, 0.4) is 0 Å². The summed E-state index contributed by atoms with van der Waals surface area (Å²) in [7, 11) is 0. The second-order valence-corrected chi connectivity index (χ2v) is 5.09. The van der Waals surface area contributed by atoms with Crippen molar-refractivity contribution in [2.75, 3.05) is 30.4 Å². The number of anilines is 2. The average Bonchev–Trinajstić information content (AvgIpc) is 2.56. The van der Waals surface area contributed by atoms with Crippen LogP contribution in [0.15, 0.2) is 42.5 Å². The molecule has 0 atom stereocenters. The van der Waals surface area contributed by atoms with E-state index in [4.69, 9.17) is 9.47 Å². The van der Waals surface area contributed by atoms with Crippen molar-refractivity contribution in [1.29, 1.82) is 0 Å². The van der Waals surface area contributed by atoms with Gasteiger partial charge in [-0.15, -0.1) is 0 Å². The third-order valence-electron chi connectivity index (χ3n) is 3.35. The fourth-order valence-electron chi connectivity index (χ4n) is 2.23. The van der Waals surface area contributed by atoms with Gasteiger partial charge in [-0.05, 0) is 36.4 Å². The third kappa shape index (κ3) is 4.12. The number of rotatable bonds is 5. The zero-order valence-corrected chi connectivity index (χ0v) is 12.5. The molecule has 1 amide bonds. The van der Waals surface area contributed by atoms with Gasteiger partial charge in [-0.1, -0.05) is 0 Å². The number of hydrogen-bond acceptors (Lipinski definition) is 4. The second kappa shape index (κ2) is 7.00. The van der Waals surface area contributed by atoms with Gasteiger partial charge < -0.3 is 20.1 Å². The molecule has 23 heavy (non-hydrogen) atoms. The van der Waals surface area contributed by atoms with E-state index in [2.05, 4.69) is 10.6 Å². The molecule has 0 radical (unpaired) electrons. The predicted octanol–water partition coefficient (Wildman–Crippen LogP) is 3.04. The van der Waals surface area contributed by atoms with Crippen LogP contribution in [0.4, 0.5) is 15.8 Å². The van der Waals surface area contributed by atoms with Gasteiger partial charge in [-0.25, -0.2) is 4.39 Å². The van der Waals surface area contributed by atoms with Gasteiger partial charge in [-0.2, -0.15) is 0 Å². The van der Waals surface area contributed by atoms with Crippen molar-refractivity contribution < 1.29 is 18.7 Å². The summed E-state index contributed by atoms with van der Waals surface area (Å²) in [4.78, 5) is 11.9. The highest BCUT2D eigenvalue weighted by molar-refractivity contribution is 5.91. The van der Waals surface area contributed by atoms with Crippen LogP contribution in [0.2, 0.25) is 0 Å². The molecule has 0 unspecified atom stereocenters. The van der Waals surface area contributed by atoms with E-state index in [0.717, 1.165) is 5.69 Å². The van der Waals surface area contributed by atoms with Crippen molar-refractivity contribution in [2.24, 2.45) is 0 Å². The molecule has 2 N–H and O–H groups in total. The highest BCUT2D eigenvalue weighted by Crippen LogP contribution is 2.32. The first kappa shape index (κ1) is 15.1. The van der Waals surface area contributed by atoms with E-state index in [-0.39, 0.29) is 11.7 Å². The van der Waals surface area contributed by atoms with Crippen LogP contribution in [0.1, 0.15) is 6.42 Å². The molecule has 2 aromatic rings. The van der Waals surface area contributed by atoms with Crippen molar-refractivity contribution in [3.05, 3.63) is 48.3 Å². The van der Waals surface area contributed by atoms with Crippen LogP contribution >= 0.6 is 0 Å². The molecule has 3 rings (SSSR count). The summed E-state index contributed by atoms with van der Waals surface area (Å²) in [5.74, 6) is 0.925. The van der Waals surface area contributed by atoms with Gasteiger partial charge in [0.05, 0.1) is 0 Å². The first-order chi connectivity index (χ1) is 11.2. The Morgan fingerprint density at radius 3 is 2.48 bits per heavy atom. The normalized spacial score (nSPS) is 12.6. The van der Waals surface area contributed by atoms with Crippen molar-refractivity contribution in [2.45, 2.75) is 6.42 Å². The van der Waals surface area contributed by atoms with Gasteiger partial charge >= 0.3 is 0 Å². The van der Waals surface area contributed by atoms with Crippen LogP contribution in [0.5, 0.6) is 11.5 Å². The molecule has 1 aliphatic heterocycles. The quantitative estimate of drug-likeness (QED) is 0.890. The Morgan fingerprint density at radius 1 is 1.00 bits per heavy atom. The van der Waals surface area contributed by atoms with Crippen molar-refractivity contribution >= 4 is 17.3 Å². The Morgan fingerprint density at radius 2 is 1.70 bits per heavy atom. The van der Waals surface area contributed by atoms with Crippen LogP contribution < -0.4 is 20.1 Å². The number of nitrogens with one attached hydrogen (secondary N) is 2. The van der Waals surface area contributed by atoms with Crippen LogP contribution in [-0.4, -0.2) is 25.7 Å². The topological polar surface area (TPSA) is 59.6 Å². The number of ether oxygens (including phenoxy) is 2. The summed E-state index contributed by atoms with van der Waals surface area (Å²) >= 11 is 0. The highest BCUT2D eigenvalue weighted by atomic mass is 19.1. The Hall–Kier alpha value is -2.76. The number of carbonyl (C=O) groups is 1. The maximum Gasteiger partial charge on any atom is 0.226 e. The highest BCUT2D eigenvalue weighted by Gasteiger charge is 2.12. The number of hydrogen-bond donors (Lipinski definition) is 2. The monoisotopic (exact) mass is 316 g/mol. The second-order valence-electron chi connectivity index (χ2n) is 5.09. The molecule has 120 valence electrons. The third-order valence-corrected chi connectivity index (χ3v) is 3.35. The molecule has 0 fully saturated rings. The smallest absolute Gasteiger partial charge is 0.226 e. The zero-order chi connectivity index (χ0) is 16.1. The number of carbonyl (C=O) groups excluding carboxylic acids is 1. The van der Waals surface area contributed by atoms with E-state index in [1.54, 1.807) is 30.3 Å². The first-order valence-corrected chi connectivity index (χ1v) is 7.40. The number of halogens is 1. The lowest BCUT2D eigenvalue weighted by atomic mass is 10.2. The van der Waals surface area contributed by atoms with Crippen LogP contribution in [-0.2, 0) is 4.79 Å². The SMILES string of the molecule is O=C(CCNc1ccc(F)cc1)Nc1ccc2c(c1)OCCO2. The lowest BCUT2D eigenvalue weighted by Crippen LogP contribution is -2.18. The van der Waals surface area contributed by atoms with E-state index in [1.807, 2.05) is 0 Å². The maximum atomic E-state index is 12.8. The zero-order valence-electron chi connectivity index (χ0n) is 12.5. The van der Waals surface area contributed by atoms with Gasteiger partial charge in [0.25, 0.3) is 0 Å². The summed E-state index contributed by atoms with van der Waals surface area (Å²) in [6.07, 6.45) is 0.297. The molecular formula is C17H17FN2O3. The Labute approximate surface area is 133 Å². The predicted molar refractivity (Wildman–Crippen MR) is 85.6 cm³/mol. The standard InChI is InChI=1S/C17H17FN2O3/c18-12-1-3-13(4-2-12)19-8-7-17(21)20-14-5-6-15-16(11-14)23-10-9-22-15/h1-6,11,19H,7-10H2,(H,20,21). The molecule has 0 aromatic heterocycles. The van der Waals surface area contributed by atoms with E-state index < -0.39 is 0 Å². The van der Waals surface area contributed by atoms with E-state index in [1.165, 1.54) is 12.1 Å². The van der Waals surface area contributed by atoms with Gasteiger partial charge in [-0.3, -0.25) is 4.79 Å². The number of benzene rings is 2. The number of amides is 1. The van der Waals surface area contributed by atoms with E-state index in [0.29, 0.717) is 43.4 Å². The minimum absolute atomic E-state index is 0.115. The van der Waals surface area contributed by atoms with Crippen molar-refractivity contribution in [1.82, 2.24) is 0 Å². The molecule has 0 saturated heterocycles. The molecule has 2 aromatic carbocycles. The first-order valence-electron chi connectivity index (χ1n) is 7.40. The fraction of sp³-hybridized carbons (Fsp3) is 0.235. The molecule has 0 aliphatic carbocycles. The molecule has 0 bridgehead atoms. The molecule has 0 spiro atoms. The Kier molecular flexibility index (Phi) is 4.61. The van der Waals surface area contributed by atoms with E-state index in [9.17, 15) is 9.18 Å². The summed E-state index contributed by atoms with van der Waals surface area (Å²) < 4.78 is 23.7. The van der Waals surface area contributed by atoms with Gasteiger partial charge in [0.15, 0.2) is 11.5 Å². The Bertz CT molecular complexity index is 689. The van der Waals surface area contributed by atoms with Crippen molar-refractivity contribution in [3.8, 4) is 11.5 Å². The molecule has 0 saturated carbocycles. The molecule has 1 aliphatic rings. The van der Waals surface area contributed by atoms with Crippen LogP contribution in [0.25, 0.3) is 0 Å². The van der Waals surface area contributed by atoms with Gasteiger partial charge in [0.1, 0.15) is 19.0 Å². The van der Waals surface area contributed by atoms with Crippen molar-refractivity contribution in [3.63, 3.8) is 0 Å². The minimum atomic E-state index is -0.285. The minimum Gasteiger partial charge on any atom is -0.486 e. The average molecular weight is 316 g/mol. The maximum absolute atomic E-state index is 12.8. The largest absolute Gasteiger partial charge is 0.486 e. The molecule has 1 heterocycles. The lowest BCUT2D eigenvalue weighted by Gasteiger charge is -2.19. The summed E-state index contributed by atoms with van der Waals surface area (Å²) in [5.41, 5.74) is 1.44. The van der Waals surface area contributed by atoms with E-state index >= 15 is 0 Å². The summed E-state index contributed by atoms with van der Waals surface area (Å²) in [6.45, 7) is 1.50. The lowest BCUT2D eigenvalue weighted by molar-refractivity contribution is -0.115. The molecular weight excluding hydrogens is 299 g/mol. The fourth-order valence-corrected chi connectivity index (χ4v) is 2.23. The van der Waals surface area contributed by atoms with Gasteiger partial charge in [0, 0.05) is 30.4 Å². The Balaban J connectivity index is 1.48.